The zero-order valence-corrected chi connectivity index (χ0v) is 19.7. The average molecular weight is 472 g/mol. The summed E-state index contributed by atoms with van der Waals surface area (Å²) < 4.78 is 11.2. The monoisotopic (exact) mass is 471 g/mol. The van der Waals surface area contributed by atoms with Crippen molar-refractivity contribution >= 4 is 41.2 Å². The first kappa shape index (κ1) is 24.1. The van der Waals surface area contributed by atoms with Crippen molar-refractivity contribution in [3.05, 3.63) is 58.2 Å². The maximum Gasteiger partial charge on any atom is 0.329 e. The fourth-order valence-corrected chi connectivity index (χ4v) is 3.35. The number of anilines is 1. The Kier molecular flexibility index (Phi) is 7.60. The Bertz CT molecular complexity index is 1100. The van der Waals surface area contributed by atoms with Crippen molar-refractivity contribution in [2.24, 2.45) is 0 Å². The third-order valence-corrected chi connectivity index (χ3v) is 5.34. The maximum absolute atomic E-state index is 12.7. The Morgan fingerprint density at radius 1 is 1.24 bits per heavy atom. The van der Waals surface area contributed by atoms with Crippen LogP contribution in [0.4, 0.5) is 10.5 Å². The smallest absolute Gasteiger partial charge is 0.329 e. The largest absolute Gasteiger partial charge is 0.493 e. The average Bonchev–Trinajstić information content (AvgIpc) is 3.04. The van der Waals surface area contributed by atoms with E-state index in [0.717, 1.165) is 16.9 Å². The number of carbonyl (C=O) groups excluding carboxylic acids is 3. The lowest BCUT2D eigenvalue weighted by molar-refractivity contribution is -0.127. The molecular weight excluding hydrogens is 446 g/mol. The molecule has 0 radical (unpaired) electrons. The minimum Gasteiger partial charge on any atom is -0.493 e. The number of imide groups is 1. The molecule has 2 aromatic carbocycles. The van der Waals surface area contributed by atoms with Gasteiger partial charge in [0.15, 0.2) is 11.5 Å². The molecule has 0 aromatic heterocycles. The molecule has 1 saturated heterocycles. The van der Waals surface area contributed by atoms with Crippen molar-refractivity contribution in [1.29, 1.82) is 0 Å². The van der Waals surface area contributed by atoms with E-state index in [4.69, 9.17) is 21.1 Å². The van der Waals surface area contributed by atoms with Crippen molar-refractivity contribution in [2.75, 3.05) is 19.0 Å². The second-order valence-corrected chi connectivity index (χ2v) is 8.07. The molecule has 3 rings (SSSR count). The number of rotatable bonds is 8. The third kappa shape index (κ3) is 5.84. The normalized spacial score (nSPS) is 15.4. The van der Waals surface area contributed by atoms with Gasteiger partial charge in [0.1, 0.15) is 12.2 Å². The summed E-state index contributed by atoms with van der Waals surface area (Å²) in [6.45, 7) is 5.43. The van der Waals surface area contributed by atoms with Crippen LogP contribution in [0.1, 0.15) is 31.4 Å². The van der Waals surface area contributed by atoms with E-state index < -0.39 is 24.4 Å². The Labute approximate surface area is 197 Å². The fraction of sp³-hybridized carbons (Fsp3) is 0.292. The van der Waals surface area contributed by atoms with E-state index in [1.807, 2.05) is 32.9 Å². The molecule has 1 fully saturated rings. The van der Waals surface area contributed by atoms with Crippen LogP contribution in [0.2, 0.25) is 5.02 Å². The van der Waals surface area contributed by atoms with Gasteiger partial charge in [0.25, 0.3) is 5.91 Å². The third-order valence-electron chi connectivity index (χ3n) is 5.06. The Morgan fingerprint density at radius 3 is 2.58 bits per heavy atom. The summed E-state index contributed by atoms with van der Waals surface area (Å²) in [5.41, 5.74) is 2.18. The highest BCUT2D eigenvalue weighted by Gasteiger charge is 2.35. The molecule has 8 nitrogen and oxygen atoms in total. The quantitative estimate of drug-likeness (QED) is 0.440. The molecule has 2 aromatic rings. The zero-order valence-electron chi connectivity index (χ0n) is 18.9. The van der Waals surface area contributed by atoms with Crippen LogP contribution in [0.3, 0.4) is 0 Å². The molecule has 0 saturated carbocycles. The summed E-state index contributed by atoms with van der Waals surface area (Å²) in [4.78, 5) is 38.2. The molecule has 33 heavy (non-hydrogen) atoms. The molecule has 1 atom stereocenters. The van der Waals surface area contributed by atoms with E-state index in [-0.39, 0.29) is 11.8 Å². The standard InChI is InChI=1S/C24H26ClN3O5/c1-5-15(3)33-22-18(25)10-16(12-20(22)32-4)11-19-23(30)28(24(31)27-19)13-21(29)26-17-8-6-14(2)7-9-17/h6-12,15H,5,13H2,1-4H3,(H,26,29)(H,27,31). The second kappa shape index (κ2) is 10.4. The number of hydrogen-bond donors (Lipinski definition) is 2. The number of benzene rings is 2. The molecule has 174 valence electrons. The molecule has 1 aliphatic rings. The van der Waals surface area contributed by atoms with Crippen molar-refractivity contribution in [3.8, 4) is 11.5 Å². The van der Waals surface area contributed by atoms with Crippen LogP contribution in [-0.2, 0) is 9.59 Å². The molecule has 2 N–H and O–H groups in total. The summed E-state index contributed by atoms with van der Waals surface area (Å²) in [5, 5.41) is 5.48. The van der Waals surface area contributed by atoms with E-state index >= 15 is 0 Å². The number of amides is 4. The van der Waals surface area contributed by atoms with Gasteiger partial charge in [-0.05, 0) is 56.2 Å². The SMILES string of the molecule is CCC(C)Oc1c(Cl)cc(C=C2NC(=O)N(CC(=O)Nc3ccc(C)cc3)C2=O)cc1OC. The highest BCUT2D eigenvalue weighted by atomic mass is 35.5. The molecular formula is C24H26ClN3O5. The zero-order chi connectivity index (χ0) is 24.1. The molecule has 0 bridgehead atoms. The fourth-order valence-electron chi connectivity index (χ4n) is 3.08. The van der Waals surface area contributed by atoms with Gasteiger partial charge >= 0.3 is 6.03 Å². The highest BCUT2D eigenvalue weighted by Crippen LogP contribution is 2.38. The lowest BCUT2D eigenvalue weighted by Crippen LogP contribution is -2.38. The molecule has 1 heterocycles. The number of methoxy groups -OCH3 is 1. The summed E-state index contributed by atoms with van der Waals surface area (Å²) in [6, 6.07) is 9.78. The summed E-state index contributed by atoms with van der Waals surface area (Å²) in [6.07, 6.45) is 2.20. The van der Waals surface area contributed by atoms with E-state index in [2.05, 4.69) is 10.6 Å². The van der Waals surface area contributed by atoms with Crippen LogP contribution < -0.4 is 20.1 Å². The van der Waals surface area contributed by atoms with Crippen LogP contribution >= 0.6 is 11.6 Å². The topological polar surface area (TPSA) is 97.0 Å². The number of ether oxygens (including phenoxy) is 2. The Morgan fingerprint density at radius 2 is 1.94 bits per heavy atom. The van der Waals surface area contributed by atoms with Crippen LogP contribution in [0, 0.1) is 6.92 Å². The van der Waals surface area contributed by atoms with Gasteiger partial charge in [0.05, 0.1) is 18.2 Å². The van der Waals surface area contributed by atoms with E-state index in [9.17, 15) is 14.4 Å². The van der Waals surface area contributed by atoms with Gasteiger partial charge in [-0.2, -0.15) is 0 Å². The van der Waals surface area contributed by atoms with Gasteiger partial charge in [-0.1, -0.05) is 36.2 Å². The number of urea groups is 1. The summed E-state index contributed by atoms with van der Waals surface area (Å²) in [7, 11) is 1.49. The predicted octanol–water partition coefficient (Wildman–Crippen LogP) is 4.37. The summed E-state index contributed by atoms with van der Waals surface area (Å²) >= 11 is 6.38. The van der Waals surface area contributed by atoms with Gasteiger partial charge in [-0.25, -0.2) is 9.69 Å². The molecule has 9 heteroatoms. The summed E-state index contributed by atoms with van der Waals surface area (Å²) in [5.74, 6) is -0.290. The predicted molar refractivity (Wildman–Crippen MR) is 126 cm³/mol. The van der Waals surface area contributed by atoms with Crippen LogP contribution in [-0.4, -0.2) is 42.5 Å². The van der Waals surface area contributed by atoms with Gasteiger partial charge in [-0.15, -0.1) is 0 Å². The number of nitrogens with zero attached hydrogens (tertiary/aromatic N) is 1. The van der Waals surface area contributed by atoms with Crippen molar-refractivity contribution < 1.29 is 23.9 Å². The van der Waals surface area contributed by atoms with Crippen LogP contribution in [0.25, 0.3) is 6.08 Å². The Hall–Kier alpha value is -3.52. The number of carbonyl (C=O) groups is 3. The molecule has 1 unspecified atom stereocenters. The first-order valence-electron chi connectivity index (χ1n) is 10.5. The van der Waals surface area contributed by atoms with E-state index in [1.54, 1.807) is 24.3 Å². The van der Waals surface area contributed by atoms with E-state index in [0.29, 0.717) is 27.8 Å². The lowest BCUT2D eigenvalue weighted by Gasteiger charge is -2.17. The minimum absolute atomic E-state index is 0.0249. The molecule has 0 aliphatic carbocycles. The lowest BCUT2D eigenvalue weighted by atomic mass is 10.1. The molecule has 1 aliphatic heterocycles. The minimum atomic E-state index is -0.680. The first-order valence-corrected chi connectivity index (χ1v) is 10.8. The number of nitrogens with one attached hydrogen (secondary N) is 2. The highest BCUT2D eigenvalue weighted by molar-refractivity contribution is 6.32. The molecule has 4 amide bonds. The van der Waals surface area contributed by atoms with Gasteiger partial charge in [-0.3, -0.25) is 9.59 Å². The maximum atomic E-state index is 12.7. The first-order chi connectivity index (χ1) is 15.7. The number of halogens is 1. The second-order valence-electron chi connectivity index (χ2n) is 7.66. The van der Waals surface area contributed by atoms with Gasteiger partial charge < -0.3 is 20.1 Å². The van der Waals surface area contributed by atoms with Crippen molar-refractivity contribution in [1.82, 2.24) is 10.2 Å². The molecule has 0 spiro atoms. The van der Waals surface area contributed by atoms with Crippen LogP contribution in [0.15, 0.2) is 42.1 Å². The van der Waals surface area contributed by atoms with Gasteiger partial charge in [0, 0.05) is 5.69 Å². The Balaban J connectivity index is 1.75. The van der Waals surface area contributed by atoms with E-state index in [1.165, 1.54) is 13.2 Å². The van der Waals surface area contributed by atoms with Crippen molar-refractivity contribution in [2.45, 2.75) is 33.3 Å². The van der Waals surface area contributed by atoms with Crippen LogP contribution in [0.5, 0.6) is 11.5 Å². The number of aryl methyl sites for hydroxylation is 1. The number of hydrogen-bond acceptors (Lipinski definition) is 5. The van der Waals surface area contributed by atoms with Gasteiger partial charge in [0.2, 0.25) is 5.91 Å². The van der Waals surface area contributed by atoms with Crippen molar-refractivity contribution in [3.63, 3.8) is 0 Å².